The van der Waals surface area contributed by atoms with Crippen molar-refractivity contribution in [1.29, 1.82) is 0 Å². The molecule has 1 fully saturated rings. The van der Waals surface area contributed by atoms with Crippen molar-refractivity contribution in [2.45, 2.75) is 59.0 Å². The fourth-order valence-electron chi connectivity index (χ4n) is 1.91. The third-order valence-corrected chi connectivity index (χ3v) is 2.58. The highest BCUT2D eigenvalue weighted by Crippen LogP contribution is 2.22. The van der Waals surface area contributed by atoms with Crippen molar-refractivity contribution in [2.24, 2.45) is 5.92 Å². The number of rotatable bonds is 5. The smallest absolute Gasteiger partial charge is 0.161 e. The molecule has 90 valence electrons. The summed E-state index contributed by atoms with van der Waals surface area (Å²) in [4.78, 5) is 0. The maximum atomic E-state index is 5.85. The molecule has 0 radical (unpaired) electrons. The van der Waals surface area contributed by atoms with Crippen molar-refractivity contribution in [2.75, 3.05) is 13.1 Å². The van der Waals surface area contributed by atoms with Gasteiger partial charge in [0.2, 0.25) is 0 Å². The number of hydrogen-bond acceptors (Lipinski definition) is 3. The van der Waals surface area contributed by atoms with Crippen LogP contribution in [0.15, 0.2) is 0 Å². The molecule has 1 aliphatic heterocycles. The molecule has 1 N–H and O–H groups in total. The van der Waals surface area contributed by atoms with Crippen LogP contribution in [0.4, 0.5) is 0 Å². The lowest BCUT2D eigenvalue weighted by molar-refractivity contribution is -0.210. The summed E-state index contributed by atoms with van der Waals surface area (Å²) in [6, 6.07) is 0. The standard InChI is InChI=1S/C12H25NO2/c1-9(2)14-12(15-10(3)4)11-5-7-13-8-6-11/h9-13H,5-8H2,1-4H3. The quantitative estimate of drug-likeness (QED) is 0.713. The van der Waals surface area contributed by atoms with Crippen LogP contribution in [0.1, 0.15) is 40.5 Å². The predicted octanol–water partition coefficient (Wildman–Crippen LogP) is 2.16. The SMILES string of the molecule is CC(C)OC(OC(C)C)C1CCNCC1. The topological polar surface area (TPSA) is 30.5 Å². The first-order chi connectivity index (χ1) is 7.09. The average Bonchev–Trinajstić information content (AvgIpc) is 2.17. The molecule has 1 rings (SSSR count). The van der Waals surface area contributed by atoms with E-state index in [2.05, 4.69) is 33.0 Å². The maximum Gasteiger partial charge on any atom is 0.161 e. The Labute approximate surface area is 93.5 Å². The summed E-state index contributed by atoms with van der Waals surface area (Å²) in [6.45, 7) is 10.4. The molecule has 0 atom stereocenters. The van der Waals surface area contributed by atoms with Crippen molar-refractivity contribution in [3.05, 3.63) is 0 Å². The molecule has 0 aliphatic carbocycles. The Morgan fingerprint density at radius 1 is 0.933 bits per heavy atom. The van der Waals surface area contributed by atoms with Crippen molar-refractivity contribution >= 4 is 0 Å². The maximum absolute atomic E-state index is 5.85. The summed E-state index contributed by atoms with van der Waals surface area (Å²) in [7, 11) is 0. The Hall–Kier alpha value is -0.120. The zero-order valence-corrected chi connectivity index (χ0v) is 10.5. The summed E-state index contributed by atoms with van der Waals surface area (Å²) in [5, 5.41) is 3.37. The number of piperidine rings is 1. The summed E-state index contributed by atoms with van der Waals surface area (Å²) in [5.41, 5.74) is 0. The number of hydrogen-bond donors (Lipinski definition) is 1. The molecule has 1 heterocycles. The van der Waals surface area contributed by atoms with Gasteiger partial charge in [-0.2, -0.15) is 0 Å². The molecule has 0 aromatic rings. The van der Waals surface area contributed by atoms with Crippen LogP contribution >= 0.6 is 0 Å². The normalized spacial score (nSPS) is 19.4. The van der Waals surface area contributed by atoms with E-state index in [0.717, 1.165) is 25.9 Å². The molecule has 3 heteroatoms. The van der Waals surface area contributed by atoms with E-state index >= 15 is 0 Å². The molecule has 0 amide bonds. The molecule has 1 saturated heterocycles. The van der Waals surface area contributed by atoms with E-state index in [1.165, 1.54) is 0 Å². The summed E-state index contributed by atoms with van der Waals surface area (Å²) < 4.78 is 11.7. The van der Waals surface area contributed by atoms with Gasteiger partial charge in [0.05, 0.1) is 12.2 Å². The lowest BCUT2D eigenvalue weighted by Gasteiger charge is -2.32. The van der Waals surface area contributed by atoms with Crippen LogP contribution in [0.25, 0.3) is 0 Å². The van der Waals surface area contributed by atoms with Gasteiger partial charge < -0.3 is 14.8 Å². The zero-order valence-electron chi connectivity index (χ0n) is 10.5. The highest BCUT2D eigenvalue weighted by Gasteiger charge is 2.26. The van der Waals surface area contributed by atoms with Crippen LogP contribution in [-0.2, 0) is 9.47 Å². The van der Waals surface area contributed by atoms with E-state index in [9.17, 15) is 0 Å². The molecule has 1 aliphatic rings. The Morgan fingerprint density at radius 2 is 1.40 bits per heavy atom. The van der Waals surface area contributed by atoms with Gasteiger partial charge in [-0.25, -0.2) is 0 Å². The molecular weight excluding hydrogens is 190 g/mol. The van der Waals surface area contributed by atoms with Crippen molar-refractivity contribution < 1.29 is 9.47 Å². The lowest BCUT2D eigenvalue weighted by Crippen LogP contribution is -2.39. The van der Waals surface area contributed by atoms with Crippen LogP contribution in [-0.4, -0.2) is 31.6 Å². The fraction of sp³-hybridized carbons (Fsp3) is 1.00. The average molecular weight is 215 g/mol. The highest BCUT2D eigenvalue weighted by molar-refractivity contribution is 4.72. The van der Waals surface area contributed by atoms with Gasteiger partial charge >= 0.3 is 0 Å². The predicted molar refractivity (Wildman–Crippen MR) is 61.8 cm³/mol. The van der Waals surface area contributed by atoms with Crippen molar-refractivity contribution in [1.82, 2.24) is 5.32 Å². The summed E-state index contributed by atoms with van der Waals surface area (Å²) in [5.74, 6) is 0.552. The Balaban J connectivity index is 2.45. The van der Waals surface area contributed by atoms with Gasteiger partial charge in [-0.05, 0) is 53.6 Å². The van der Waals surface area contributed by atoms with E-state index < -0.39 is 0 Å². The second kappa shape index (κ2) is 6.46. The van der Waals surface area contributed by atoms with E-state index in [-0.39, 0.29) is 18.5 Å². The van der Waals surface area contributed by atoms with Gasteiger partial charge in [0.15, 0.2) is 6.29 Å². The summed E-state index contributed by atoms with van der Waals surface area (Å²) >= 11 is 0. The molecule has 3 nitrogen and oxygen atoms in total. The van der Waals surface area contributed by atoms with Crippen molar-refractivity contribution in [3.8, 4) is 0 Å². The number of nitrogens with one attached hydrogen (secondary N) is 1. The Kier molecular flexibility index (Phi) is 5.58. The Morgan fingerprint density at radius 3 is 1.80 bits per heavy atom. The van der Waals surface area contributed by atoms with Crippen molar-refractivity contribution in [3.63, 3.8) is 0 Å². The van der Waals surface area contributed by atoms with Gasteiger partial charge in [0, 0.05) is 5.92 Å². The first-order valence-corrected chi connectivity index (χ1v) is 6.11. The van der Waals surface area contributed by atoms with Crippen LogP contribution in [0.5, 0.6) is 0 Å². The summed E-state index contributed by atoms with van der Waals surface area (Å²) in [6.07, 6.45) is 2.77. The van der Waals surface area contributed by atoms with Crippen LogP contribution in [0.2, 0.25) is 0 Å². The third-order valence-electron chi connectivity index (χ3n) is 2.58. The first kappa shape index (κ1) is 12.9. The van der Waals surface area contributed by atoms with E-state index in [1.807, 2.05) is 0 Å². The molecule has 0 bridgehead atoms. The molecule has 0 spiro atoms. The zero-order chi connectivity index (χ0) is 11.3. The largest absolute Gasteiger partial charge is 0.350 e. The highest BCUT2D eigenvalue weighted by atomic mass is 16.7. The number of ether oxygens (including phenoxy) is 2. The minimum absolute atomic E-state index is 0.0212. The lowest BCUT2D eigenvalue weighted by atomic mass is 9.97. The van der Waals surface area contributed by atoms with Gasteiger partial charge in [0.25, 0.3) is 0 Å². The van der Waals surface area contributed by atoms with Gasteiger partial charge in [-0.15, -0.1) is 0 Å². The third kappa shape index (κ3) is 4.96. The first-order valence-electron chi connectivity index (χ1n) is 6.11. The Bertz CT molecular complexity index is 155. The van der Waals surface area contributed by atoms with E-state index in [0.29, 0.717) is 5.92 Å². The van der Waals surface area contributed by atoms with E-state index in [1.54, 1.807) is 0 Å². The molecule has 15 heavy (non-hydrogen) atoms. The monoisotopic (exact) mass is 215 g/mol. The second-order valence-corrected chi connectivity index (χ2v) is 4.83. The van der Waals surface area contributed by atoms with Crippen LogP contribution < -0.4 is 5.32 Å². The minimum Gasteiger partial charge on any atom is -0.350 e. The van der Waals surface area contributed by atoms with Crippen LogP contribution in [0, 0.1) is 5.92 Å². The second-order valence-electron chi connectivity index (χ2n) is 4.83. The van der Waals surface area contributed by atoms with Crippen LogP contribution in [0.3, 0.4) is 0 Å². The van der Waals surface area contributed by atoms with Gasteiger partial charge in [-0.1, -0.05) is 0 Å². The molecular formula is C12H25NO2. The molecule has 0 saturated carbocycles. The fourth-order valence-corrected chi connectivity index (χ4v) is 1.91. The molecule has 0 aromatic carbocycles. The molecule has 0 unspecified atom stereocenters. The molecule has 0 aromatic heterocycles. The van der Waals surface area contributed by atoms with Gasteiger partial charge in [0.1, 0.15) is 0 Å². The van der Waals surface area contributed by atoms with Gasteiger partial charge in [-0.3, -0.25) is 0 Å². The van der Waals surface area contributed by atoms with E-state index in [4.69, 9.17) is 9.47 Å². The minimum atomic E-state index is -0.0212.